The second kappa shape index (κ2) is 23.4. The van der Waals surface area contributed by atoms with E-state index in [4.69, 9.17) is 0 Å². The molecule has 4 N–H and O–H groups in total. The summed E-state index contributed by atoms with van der Waals surface area (Å²) >= 11 is 0. The van der Waals surface area contributed by atoms with Crippen molar-refractivity contribution in [2.75, 3.05) is 47.8 Å². The first-order valence-electron chi connectivity index (χ1n) is 22.0. The summed E-state index contributed by atoms with van der Waals surface area (Å²) in [6, 6.07) is 1.61. The van der Waals surface area contributed by atoms with E-state index in [1.165, 1.54) is 49.8 Å². The van der Waals surface area contributed by atoms with Gasteiger partial charge in [-0.2, -0.15) is 0 Å². The van der Waals surface area contributed by atoms with E-state index in [-0.39, 0.29) is 31.1 Å². The number of piperidine rings is 1. The van der Waals surface area contributed by atoms with E-state index in [2.05, 4.69) is 16.0 Å². The Kier molecular flexibility index (Phi) is 19.4. The van der Waals surface area contributed by atoms with Crippen molar-refractivity contribution in [1.29, 1.82) is 0 Å². The van der Waals surface area contributed by atoms with Crippen LogP contribution in [0.4, 0.5) is 0 Å². The first kappa shape index (κ1) is 51.3. The molecule has 7 atom stereocenters. The van der Waals surface area contributed by atoms with Gasteiger partial charge in [-0.1, -0.05) is 71.9 Å². The van der Waals surface area contributed by atoms with Gasteiger partial charge in [0.2, 0.25) is 47.3 Å². The number of benzene rings is 1. The maximum absolute atomic E-state index is 14.9. The van der Waals surface area contributed by atoms with Crippen LogP contribution in [0.25, 0.3) is 0 Å². The molecule has 2 saturated heterocycles. The number of carbonyl (C=O) groups excluding carboxylic acids is 8. The molecule has 2 aliphatic rings. The summed E-state index contributed by atoms with van der Waals surface area (Å²) < 4.78 is 0. The molecule has 2 aliphatic heterocycles. The molecule has 0 bridgehead atoms. The normalized spacial score (nSPS) is 25.7. The van der Waals surface area contributed by atoms with Gasteiger partial charge in [-0.25, -0.2) is 0 Å². The Morgan fingerprint density at radius 2 is 1.15 bits per heavy atom. The van der Waals surface area contributed by atoms with Crippen molar-refractivity contribution < 1.29 is 43.5 Å². The van der Waals surface area contributed by atoms with Gasteiger partial charge in [0.1, 0.15) is 36.3 Å². The van der Waals surface area contributed by atoms with E-state index in [9.17, 15) is 43.5 Å². The fraction of sp³-hybridized carbons (Fsp3) is 0.689. The molecule has 0 radical (unpaired) electrons. The molecule has 0 spiro atoms. The number of likely N-dealkylation sites (N-methyl/N-ethyl adjacent to an activating group) is 4. The SMILES string of the molecule is CC(C)C[C@H]1C(=O)N(C)[C@@H](CC(C)C)C(=O)N(C)[C@@H](Cc2ccccc2)C(=O)N[C@H](C(=O)N2CCCCC2)CC(=O)N[C@@H](C(C)C)C(=O)N(C)CC(=O)N[C@@H]([C@@H](C)O)C(=O)N1C. The molecule has 8 amide bonds. The molecule has 3 rings (SSSR count). The number of amides is 8. The Balaban J connectivity index is 2.24. The third-order valence-corrected chi connectivity index (χ3v) is 11.7. The molecule has 17 heteroatoms. The molecule has 0 unspecified atom stereocenters. The van der Waals surface area contributed by atoms with Gasteiger partial charge in [-0.05, 0) is 62.3 Å². The Morgan fingerprint density at radius 3 is 1.65 bits per heavy atom. The molecule has 17 nitrogen and oxygen atoms in total. The predicted molar refractivity (Wildman–Crippen MR) is 234 cm³/mol. The van der Waals surface area contributed by atoms with E-state index >= 15 is 0 Å². The molecule has 1 aromatic rings. The zero-order valence-corrected chi connectivity index (χ0v) is 38.7. The van der Waals surface area contributed by atoms with Crippen LogP contribution in [0.1, 0.15) is 92.6 Å². The number of nitrogens with zero attached hydrogens (tertiary/aromatic N) is 5. The van der Waals surface area contributed by atoms with Crippen LogP contribution in [0.5, 0.6) is 0 Å². The Morgan fingerprint density at radius 1 is 0.645 bits per heavy atom. The van der Waals surface area contributed by atoms with Gasteiger partial charge in [-0.15, -0.1) is 0 Å². The number of carbonyl (C=O) groups is 8. The summed E-state index contributed by atoms with van der Waals surface area (Å²) in [5.74, 6) is -5.84. The second-order valence-electron chi connectivity index (χ2n) is 18.3. The van der Waals surface area contributed by atoms with Gasteiger partial charge in [0.25, 0.3) is 0 Å². The molecule has 0 aliphatic carbocycles. The fourth-order valence-electron chi connectivity index (χ4n) is 8.01. The van der Waals surface area contributed by atoms with Crippen LogP contribution < -0.4 is 16.0 Å². The minimum atomic E-state index is -1.51. The Hall–Kier alpha value is -5.06. The monoisotopic (exact) mass is 869 g/mol. The first-order valence-corrected chi connectivity index (χ1v) is 22.0. The molecule has 62 heavy (non-hydrogen) atoms. The molecule has 346 valence electrons. The van der Waals surface area contributed by atoms with Crippen LogP contribution in [0, 0.1) is 17.8 Å². The highest BCUT2D eigenvalue weighted by Gasteiger charge is 2.42. The second-order valence-corrected chi connectivity index (χ2v) is 18.3. The molecule has 2 heterocycles. The number of hydrogen-bond acceptors (Lipinski definition) is 9. The average Bonchev–Trinajstić information content (AvgIpc) is 3.22. The smallest absolute Gasteiger partial charge is 0.248 e. The summed E-state index contributed by atoms with van der Waals surface area (Å²) in [6.07, 6.45) is 0.905. The van der Waals surface area contributed by atoms with E-state index in [1.54, 1.807) is 30.9 Å². The van der Waals surface area contributed by atoms with Crippen molar-refractivity contribution in [1.82, 2.24) is 40.4 Å². The number of likely N-dealkylation sites (tertiary alicyclic amines) is 1. The van der Waals surface area contributed by atoms with Gasteiger partial charge in [0.05, 0.1) is 19.1 Å². The van der Waals surface area contributed by atoms with E-state index in [0.29, 0.717) is 13.1 Å². The van der Waals surface area contributed by atoms with Gasteiger partial charge in [-0.3, -0.25) is 38.4 Å². The third kappa shape index (κ3) is 14.0. The first-order chi connectivity index (χ1) is 29.0. The topological polar surface area (TPSA) is 209 Å². The highest BCUT2D eigenvalue weighted by atomic mass is 16.3. The zero-order valence-electron chi connectivity index (χ0n) is 38.7. The van der Waals surface area contributed by atoms with Crippen molar-refractivity contribution in [3.8, 4) is 0 Å². The highest BCUT2D eigenvalue weighted by Crippen LogP contribution is 2.22. The number of nitrogens with one attached hydrogen (secondary N) is 3. The third-order valence-electron chi connectivity index (χ3n) is 11.7. The molecule has 1 aromatic carbocycles. The van der Waals surface area contributed by atoms with E-state index in [0.717, 1.165) is 29.7 Å². The minimum Gasteiger partial charge on any atom is -0.391 e. The lowest BCUT2D eigenvalue weighted by Gasteiger charge is -2.39. The maximum atomic E-state index is 14.9. The van der Waals surface area contributed by atoms with Crippen LogP contribution in [-0.2, 0) is 44.8 Å². The molecule has 0 aromatic heterocycles. The number of hydrogen-bond donors (Lipinski definition) is 4. The van der Waals surface area contributed by atoms with E-state index < -0.39 is 108 Å². The highest BCUT2D eigenvalue weighted by molar-refractivity contribution is 5.98. The van der Waals surface area contributed by atoms with Crippen molar-refractivity contribution in [3.05, 3.63) is 35.9 Å². The van der Waals surface area contributed by atoms with Crippen LogP contribution >= 0.6 is 0 Å². The lowest BCUT2D eigenvalue weighted by Crippen LogP contribution is -2.62. The van der Waals surface area contributed by atoms with Crippen LogP contribution in [0.3, 0.4) is 0 Å². The summed E-state index contributed by atoms with van der Waals surface area (Å²) in [6.45, 7) is 12.6. The maximum Gasteiger partial charge on any atom is 0.248 e. The largest absolute Gasteiger partial charge is 0.391 e. The van der Waals surface area contributed by atoms with Gasteiger partial charge in [0, 0.05) is 47.7 Å². The van der Waals surface area contributed by atoms with Gasteiger partial charge in [0.15, 0.2) is 0 Å². The van der Waals surface area contributed by atoms with Crippen LogP contribution in [-0.4, -0.2) is 167 Å². The van der Waals surface area contributed by atoms with E-state index in [1.807, 2.05) is 45.9 Å². The summed E-state index contributed by atoms with van der Waals surface area (Å²) in [4.78, 5) is 120. The van der Waals surface area contributed by atoms with Crippen molar-refractivity contribution in [2.45, 2.75) is 136 Å². The number of rotatable bonds is 9. The van der Waals surface area contributed by atoms with Gasteiger partial charge >= 0.3 is 0 Å². The molecular formula is C45H72N8O9. The fourth-order valence-corrected chi connectivity index (χ4v) is 8.01. The predicted octanol–water partition coefficient (Wildman–Crippen LogP) is 1.17. The number of aliphatic hydroxyl groups is 1. The van der Waals surface area contributed by atoms with Crippen molar-refractivity contribution in [2.24, 2.45) is 17.8 Å². The minimum absolute atomic E-state index is 0.0354. The number of aliphatic hydroxyl groups excluding tert-OH is 1. The summed E-state index contributed by atoms with van der Waals surface area (Å²) in [7, 11) is 5.72. The Labute approximate surface area is 367 Å². The van der Waals surface area contributed by atoms with Crippen molar-refractivity contribution in [3.63, 3.8) is 0 Å². The zero-order chi connectivity index (χ0) is 46.6. The van der Waals surface area contributed by atoms with Crippen molar-refractivity contribution >= 4 is 47.3 Å². The van der Waals surface area contributed by atoms with Gasteiger partial charge < -0.3 is 45.6 Å². The lowest BCUT2D eigenvalue weighted by molar-refractivity contribution is -0.154. The summed E-state index contributed by atoms with van der Waals surface area (Å²) in [5.41, 5.74) is 0.717. The molecule has 2 fully saturated rings. The van der Waals surface area contributed by atoms with Crippen LogP contribution in [0.15, 0.2) is 30.3 Å². The average molecular weight is 869 g/mol. The lowest BCUT2D eigenvalue weighted by atomic mass is 9.96. The molecular weight excluding hydrogens is 797 g/mol. The molecule has 0 saturated carbocycles. The summed E-state index contributed by atoms with van der Waals surface area (Å²) in [5, 5.41) is 18.9. The Bertz CT molecular complexity index is 1730. The quantitative estimate of drug-likeness (QED) is 0.281. The standard InChI is InChI=1S/C45H72N8O9/c1-27(2)22-34-42(59)50(9)33(24-31-18-14-12-15-19-31)40(57)46-32(41(58)53-20-16-13-17-21-53)25-36(55)47-38(29(5)6)44(61)49(8)26-37(56)48-39(30(7)54)45(62)52(11)35(23-28(3)4)43(60)51(34)10/h12,14-15,18-19,27-30,32-35,38-39,54H,13,16-17,20-26H2,1-11H3,(H,46,57)(H,47,55)(H,48,56)/t30-,32+,33+,34+,35+,38+,39+/m1/s1. The van der Waals surface area contributed by atoms with Crippen LogP contribution in [0.2, 0.25) is 0 Å².